The third kappa shape index (κ3) is 6.05. The number of aliphatic carboxylic acids is 1. The van der Waals surface area contributed by atoms with Crippen LogP contribution in [0.2, 0.25) is 0 Å². The number of aliphatic hydroxyl groups excluding tert-OH is 2. The molecule has 0 spiro atoms. The Balaban J connectivity index is 0.00000341. The fourth-order valence-corrected chi connectivity index (χ4v) is 3.76. The minimum atomic E-state index is -1.36. The van der Waals surface area contributed by atoms with Crippen molar-refractivity contribution in [2.75, 3.05) is 0 Å². The van der Waals surface area contributed by atoms with Crippen molar-refractivity contribution in [2.24, 2.45) is 0 Å². The second-order valence-corrected chi connectivity index (χ2v) is 7.64. The normalized spacial score (nSPS) is 13.5. The van der Waals surface area contributed by atoms with Crippen molar-refractivity contribution in [3.63, 3.8) is 0 Å². The molecule has 158 valence electrons. The second kappa shape index (κ2) is 11.1. The molecular weight excluding hydrogens is 408 g/mol. The van der Waals surface area contributed by atoms with Gasteiger partial charge in [0.25, 0.3) is 0 Å². The van der Waals surface area contributed by atoms with Crippen LogP contribution in [0.15, 0.2) is 54.6 Å². The molecule has 0 radical (unpaired) electrons. The molecule has 5 nitrogen and oxygen atoms in total. The van der Waals surface area contributed by atoms with Gasteiger partial charge >= 0.3 is 29.6 Å². The van der Waals surface area contributed by atoms with Gasteiger partial charge in [-0.1, -0.05) is 36.4 Å². The van der Waals surface area contributed by atoms with E-state index in [1.165, 1.54) is 12.1 Å². The molecule has 2 atom stereocenters. The van der Waals surface area contributed by atoms with Crippen molar-refractivity contribution in [2.45, 2.75) is 44.9 Å². The average molecular weight is 433 g/mol. The first-order chi connectivity index (χ1) is 14.3. The van der Waals surface area contributed by atoms with Crippen molar-refractivity contribution < 1.29 is 54.1 Å². The molecule has 0 amide bonds. The summed E-state index contributed by atoms with van der Waals surface area (Å²) in [6, 6.07) is 14.3. The van der Waals surface area contributed by atoms with Gasteiger partial charge in [0, 0.05) is 47.0 Å². The van der Waals surface area contributed by atoms with Gasteiger partial charge in [-0.2, -0.15) is 0 Å². The van der Waals surface area contributed by atoms with E-state index in [1.807, 2.05) is 24.3 Å². The first-order valence-electron chi connectivity index (χ1n) is 9.91. The van der Waals surface area contributed by atoms with Gasteiger partial charge in [-0.15, -0.1) is 0 Å². The van der Waals surface area contributed by atoms with Crippen molar-refractivity contribution in [1.82, 2.24) is 4.57 Å². The Kier molecular flexibility index (Phi) is 9.03. The van der Waals surface area contributed by atoms with Gasteiger partial charge in [-0.05, 0) is 43.7 Å². The van der Waals surface area contributed by atoms with Crippen LogP contribution in [0.1, 0.15) is 38.4 Å². The largest absolute Gasteiger partial charge is 1.00 e. The SMILES string of the molecule is CC(C)n1c(/C=C/[C@H](O)C[C@@H](O)CC(=O)[O-])c(-c2ccc(F)cc2)c2ccccc21.[Na+]. The zero-order valence-electron chi connectivity index (χ0n) is 18.0. The molecule has 0 fully saturated rings. The molecule has 3 aromatic rings. The van der Waals surface area contributed by atoms with Gasteiger partial charge in [-0.25, -0.2) is 4.39 Å². The maximum absolute atomic E-state index is 13.5. The van der Waals surface area contributed by atoms with E-state index in [4.69, 9.17) is 0 Å². The second-order valence-electron chi connectivity index (χ2n) is 7.64. The van der Waals surface area contributed by atoms with E-state index in [-0.39, 0.29) is 47.8 Å². The van der Waals surface area contributed by atoms with Crippen molar-refractivity contribution >= 4 is 22.9 Å². The number of carbonyl (C=O) groups is 1. The number of carboxylic acid groups (broad SMARTS) is 1. The quantitative estimate of drug-likeness (QED) is 0.501. The third-order valence-corrected chi connectivity index (χ3v) is 4.99. The topological polar surface area (TPSA) is 85.5 Å². The summed E-state index contributed by atoms with van der Waals surface area (Å²) in [5, 5.41) is 31.6. The fraction of sp³-hybridized carbons (Fsp3) is 0.292. The van der Waals surface area contributed by atoms with Gasteiger partial charge in [0.2, 0.25) is 0 Å². The van der Waals surface area contributed by atoms with Crippen LogP contribution in [-0.4, -0.2) is 33.0 Å². The average Bonchev–Trinajstić information content (AvgIpc) is 3.00. The number of benzene rings is 2. The Bertz CT molecular complexity index is 1060. The molecule has 1 heterocycles. The molecule has 2 N–H and O–H groups in total. The summed E-state index contributed by atoms with van der Waals surface area (Å²) >= 11 is 0. The number of aliphatic hydroxyl groups is 2. The van der Waals surface area contributed by atoms with Crippen LogP contribution in [0.4, 0.5) is 4.39 Å². The van der Waals surface area contributed by atoms with E-state index in [0.717, 1.165) is 27.7 Å². The minimum Gasteiger partial charge on any atom is -0.550 e. The summed E-state index contributed by atoms with van der Waals surface area (Å²) < 4.78 is 15.6. The molecule has 1 aromatic heterocycles. The minimum absolute atomic E-state index is 0. The predicted molar refractivity (Wildman–Crippen MR) is 113 cm³/mol. The van der Waals surface area contributed by atoms with E-state index in [2.05, 4.69) is 18.4 Å². The zero-order chi connectivity index (χ0) is 21.8. The van der Waals surface area contributed by atoms with E-state index in [1.54, 1.807) is 24.3 Å². The number of nitrogens with zero attached hydrogens (tertiary/aromatic N) is 1. The number of hydrogen-bond donors (Lipinski definition) is 2. The third-order valence-electron chi connectivity index (χ3n) is 4.99. The first kappa shape index (κ1) is 25.3. The summed E-state index contributed by atoms with van der Waals surface area (Å²) in [6.07, 6.45) is 0.450. The summed E-state index contributed by atoms with van der Waals surface area (Å²) in [6.45, 7) is 4.11. The van der Waals surface area contributed by atoms with E-state index in [0.29, 0.717) is 0 Å². The molecule has 3 rings (SSSR count). The predicted octanol–water partition coefficient (Wildman–Crippen LogP) is 0.297. The molecule has 0 saturated heterocycles. The number of para-hydroxylation sites is 1. The van der Waals surface area contributed by atoms with Crippen LogP contribution in [0, 0.1) is 5.82 Å². The maximum Gasteiger partial charge on any atom is 1.00 e. The Morgan fingerprint density at radius 2 is 1.77 bits per heavy atom. The van der Waals surface area contributed by atoms with Gasteiger partial charge in [0.05, 0.1) is 12.2 Å². The van der Waals surface area contributed by atoms with Crippen LogP contribution < -0.4 is 34.7 Å². The Labute approximate surface area is 203 Å². The number of halogens is 1. The number of hydrogen-bond acceptors (Lipinski definition) is 4. The number of aromatic nitrogens is 1. The zero-order valence-corrected chi connectivity index (χ0v) is 20.0. The van der Waals surface area contributed by atoms with E-state index >= 15 is 0 Å². The molecule has 0 aliphatic heterocycles. The van der Waals surface area contributed by atoms with Crippen molar-refractivity contribution in [3.8, 4) is 11.1 Å². The smallest absolute Gasteiger partial charge is 0.550 e. The van der Waals surface area contributed by atoms with Crippen LogP contribution in [0.5, 0.6) is 0 Å². The summed E-state index contributed by atoms with van der Waals surface area (Å²) in [7, 11) is 0. The molecule has 0 aliphatic rings. The summed E-state index contributed by atoms with van der Waals surface area (Å²) in [4.78, 5) is 10.6. The van der Waals surface area contributed by atoms with E-state index in [9.17, 15) is 24.5 Å². The molecule has 0 bridgehead atoms. The number of fused-ring (bicyclic) bond motifs is 1. The summed E-state index contributed by atoms with van der Waals surface area (Å²) in [5.41, 5.74) is 3.61. The van der Waals surface area contributed by atoms with E-state index < -0.39 is 24.6 Å². The van der Waals surface area contributed by atoms with Crippen LogP contribution in [-0.2, 0) is 4.79 Å². The van der Waals surface area contributed by atoms with Crippen molar-refractivity contribution in [3.05, 3.63) is 66.1 Å². The molecule has 0 unspecified atom stereocenters. The standard InChI is InChI=1S/C24H26FNO4.Na/c1-15(2)26-21-6-4-3-5-20(21)24(16-7-9-17(25)10-8-16)22(26)12-11-18(27)13-19(28)14-23(29)30;/h3-12,15,18-19,27-28H,13-14H2,1-2H3,(H,29,30);/q;+1/p-1/b12-11+;/t18-,19+;/m0./s1. The molecular formula is C24H25FNNaO4. The molecule has 7 heteroatoms. The first-order valence-corrected chi connectivity index (χ1v) is 9.91. The molecule has 0 saturated carbocycles. The van der Waals surface area contributed by atoms with Crippen LogP contribution in [0.25, 0.3) is 28.1 Å². The van der Waals surface area contributed by atoms with Gasteiger partial charge in [0.1, 0.15) is 5.82 Å². The molecule has 31 heavy (non-hydrogen) atoms. The number of carbonyl (C=O) groups excluding carboxylic acids is 1. The molecule has 0 aliphatic carbocycles. The number of carboxylic acids is 1. The van der Waals surface area contributed by atoms with Crippen LogP contribution in [0.3, 0.4) is 0 Å². The fourth-order valence-electron chi connectivity index (χ4n) is 3.76. The monoisotopic (exact) mass is 433 g/mol. The van der Waals surface area contributed by atoms with Gasteiger partial charge < -0.3 is 24.7 Å². The van der Waals surface area contributed by atoms with Gasteiger partial charge in [-0.3, -0.25) is 0 Å². The maximum atomic E-state index is 13.5. The van der Waals surface area contributed by atoms with Crippen molar-refractivity contribution in [1.29, 1.82) is 0 Å². The van der Waals surface area contributed by atoms with Crippen LogP contribution >= 0.6 is 0 Å². The Morgan fingerprint density at radius 1 is 1.13 bits per heavy atom. The Hall–Kier alpha value is -1.96. The van der Waals surface area contributed by atoms with Gasteiger partial charge in [0.15, 0.2) is 0 Å². The Morgan fingerprint density at radius 3 is 2.39 bits per heavy atom. The number of rotatable bonds is 8. The summed E-state index contributed by atoms with van der Waals surface area (Å²) in [5.74, 6) is -1.68. The molecule has 2 aromatic carbocycles.